The molecule has 2 amide bonds. The van der Waals surface area contributed by atoms with Crippen molar-refractivity contribution < 1.29 is 14.3 Å². The van der Waals surface area contributed by atoms with Crippen molar-refractivity contribution in [1.82, 2.24) is 10.9 Å². The SMILES string of the molecule is O=C(/C=C/c1cccc(Br)c1)NNC(=O)COc1ccccc1Cl. The molecule has 0 spiro atoms. The first-order valence-electron chi connectivity index (χ1n) is 6.94. The normalized spacial score (nSPS) is 10.4. The molecule has 124 valence electrons. The number of hydrogen-bond donors (Lipinski definition) is 2. The molecule has 5 nitrogen and oxygen atoms in total. The number of hydrogen-bond acceptors (Lipinski definition) is 3. The predicted octanol–water partition coefficient (Wildman–Crippen LogP) is 3.34. The zero-order valence-corrected chi connectivity index (χ0v) is 14.8. The third-order valence-corrected chi connectivity index (χ3v) is 3.60. The lowest BCUT2D eigenvalue weighted by atomic mass is 10.2. The number of benzene rings is 2. The summed E-state index contributed by atoms with van der Waals surface area (Å²) in [5.41, 5.74) is 5.38. The first-order chi connectivity index (χ1) is 11.5. The van der Waals surface area contributed by atoms with Crippen LogP contribution in [0.1, 0.15) is 5.56 Å². The zero-order chi connectivity index (χ0) is 17.4. The molecule has 0 unspecified atom stereocenters. The molecule has 2 N–H and O–H groups in total. The summed E-state index contributed by atoms with van der Waals surface area (Å²) in [6.45, 7) is -0.265. The van der Waals surface area contributed by atoms with Crippen LogP contribution in [0.15, 0.2) is 59.1 Å². The molecular weight excluding hydrogens is 396 g/mol. The molecule has 0 fully saturated rings. The van der Waals surface area contributed by atoms with E-state index in [4.69, 9.17) is 16.3 Å². The lowest BCUT2D eigenvalue weighted by Gasteiger charge is -2.08. The smallest absolute Gasteiger partial charge is 0.276 e. The van der Waals surface area contributed by atoms with Crippen molar-refractivity contribution in [2.24, 2.45) is 0 Å². The number of carbonyl (C=O) groups excluding carboxylic acids is 2. The van der Waals surface area contributed by atoms with E-state index in [1.807, 2.05) is 24.3 Å². The number of nitrogens with one attached hydrogen (secondary N) is 2. The van der Waals surface area contributed by atoms with Crippen molar-refractivity contribution in [2.45, 2.75) is 0 Å². The van der Waals surface area contributed by atoms with Crippen LogP contribution in [0.4, 0.5) is 0 Å². The highest BCUT2D eigenvalue weighted by atomic mass is 79.9. The predicted molar refractivity (Wildman–Crippen MR) is 96.4 cm³/mol. The Labute approximate surface area is 152 Å². The van der Waals surface area contributed by atoms with Gasteiger partial charge in [-0.2, -0.15) is 0 Å². The second-order valence-electron chi connectivity index (χ2n) is 4.64. The molecule has 24 heavy (non-hydrogen) atoms. The van der Waals surface area contributed by atoms with Gasteiger partial charge in [0.25, 0.3) is 11.8 Å². The molecule has 7 heteroatoms. The van der Waals surface area contributed by atoms with Crippen LogP contribution < -0.4 is 15.6 Å². The van der Waals surface area contributed by atoms with Gasteiger partial charge in [0.2, 0.25) is 0 Å². The summed E-state index contributed by atoms with van der Waals surface area (Å²) in [6.07, 6.45) is 2.95. The summed E-state index contributed by atoms with van der Waals surface area (Å²) in [6, 6.07) is 14.3. The average Bonchev–Trinajstić information content (AvgIpc) is 2.57. The second-order valence-corrected chi connectivity index (χ2v) is 5.97. The molecular formula is C17H14BrClN2O3. The monoisotopic (exact) mass is 408 g/mol. The fourth-order valence-corrected chi connectivity index (χ4v) is 2.30. The second kappa shape index (κ2) is 9.10. The van der Waals surface area contributed by atoms with Crippen molar-refractivity contribution >= 4 is 45.4 Å². The maximum Gasteiger partial charge on any atom is 0.276 e. The van der Waals surface area contributed by atoms with E-state index in [1.54, 1.807) is 30.3 Å². The van der Waals surface area contributed by atoms with E-state index >= 15 is 0 Å². The molecule has 2 aromatic carbocycles. The van der Waals surface area contributed by atoms with Gasteiger partial charge in [-0.05, 0) is 35.9 Å². The Morgan fingerprint density at radius 2 is 1.92 bits per heavy atom. The van der Waals surface area contributed by atoms with Crippen LogP contribution in [0, 0.1) is 0 Å². The Hall–Kier alpha value is -2.31. The summed E-state index contributed by atoms with van der Waals surface area (Å²) in [5.74, 6) is -0.560. The molecule has 0 bridgehead atoms. The number of halogens is 2. The van der Waals surface area contributed by atoms with Gasteiger partial charge in [0.05, 0.1) is 5.02 Å². The maximum absolute atomic E-state index is 11.6. The van der Waals surface area contributed by atoms with E-state index in [2.05, 4.69) is 26.8 Å². The van der Waals surface area contributed by atoms with Gasteiger partial charge in [-0.3, -0.25) is 20.4 Å². The number of amides is 2. The third kappa shape index (κ3) is 6.06. The number of ether oxygens (including phenoxy) is 1. The third-order valence-electron chi connectivity index (χ3n) is 2.80. The van der Waals surface area contributed by atoms with Crippen molar-refractivity contribution in [3.63, 3.8) is 0 Å². The van der Waals surface area contributed by atoms with Crippen LogP contribution in [0.2, 0.25) is 5.02 Å². The molecule has 0 atom stereocenters. The van der Waals surface area contributed by atoms with E-state index < -0.39 is 11.8 Å². The highest BCUT2D eigenvalue weighted by Gasteiger charge is 2.05. The molecule has 0 radical (unpaired) electrons. The molecule has 0 heterocycles. The summed E-state index contributed by atoms with van der Waals surface area (Å²) in [4.78, 5) is 23.3. The van der Waals surface area contributed by atoms with E-state index in [0.717, 1.165) is 10.0 Å². The Morgan fingerprint density at radius 3 is 2.67 bits per heavy atom. The molecule has 0 saturated carbocycles. The van der Waals surface area contributed by atoms with Gasteiger partial charge in [-0.25, -0.2) is 0 Å². The molecule has 2 rings (SSSR count). The van der Waals surface area contributed by atoms with Crippen LogP contribution in [0.5, 0.6) is 5.75 Å². The highest BCUT2D eigenvalue weighted by molar-refractivity contribution is 9.10. The molecule has 0 aliphatic carbocycles. The van der Waals surface area contributed by atoms with E-state index in [0.29, 0.717) is 10.8 Å². The zero-order valence-electron chi connectivity index (χ0n) is 12.5. The first kappa shape index (κ1) is 18.0. The highest BCUT2D eigenvalue weighted by Crippen LogP contribution is 2.22. The Morgan fingerprint density at radius 1 is 1.12 bits per heavy atom. The maximum atomic E-state index is 11.6. The largest absolute Gasteiger partial charge is 0.482 e. The van der Waals surface area contributed by atoms with Crippen LogP contribution in [0.25, 0.3) is 6.08 Å². The first-order valence-corrected chi connectivity index (χ1v) is 8.11. The van der Waals surface area contributed by atoms with Crippen LogP contribution >= 0.6 is 27.5 Å². The van der Waals surface area contributed by atoms with Crippen LogP contribution in [-0.2, 0) is 9.59 Å². The molecule has 0 aliphatic heterocycles. The Balaban J connectivity index is 1.75. The van der Waals surface area contributed by atoms with Gasteiger partial charge in [-0.15, -0.1) is 0 Å². The van der Waals surface area contributed by atoms with Gasteiger partial charge in [0, 0.05) is 10.5 Å². The Bertz CT molecular complexity index is 765. The molecule has 0 aliphatic rings. The topological polar surface area (TPSA) is 67.4 Å². The lowest BCUT2D eigenvalue weighted by Crippen LogP contribution is -2.43. The minimum Gasteiger partial charge on any atom is -0.482 e. The van der Waals surface area contributed by atoms with Crippen LogP contribution in [-0.4, -0.2) is 18.4 Å². The van der Waals surface area contributed by atoms with Crippen molar-refractivity contribution in [1.29, 1.82) is 0 Å². The van der Waals surface area contributed by atoms with Gasteiger partial charge in [-0.1, -0.05) is 51.8 Å². The molecule has 0 aromatic heterocycles. The number of hydrazine groups is 1. The number of rotatable bonds is 5. The van der Waals surface area contributed by atoms with Gasteiger partial charge in [0.1, 0.15) is 5.75 Å². The van der Waals surface area contributed by atoms with Crippen molar-refractivity contribution in [3.8, 4) is 5.75 Å². The number of para-hydroxylation sites is 1. The van der Waals surface area contributed by atoms with E-state index in [9.17, 15) is 9.59 Å². The van der Waals surface area contributed by atoms with Crippen LogP contribution in [0.3, 0.4) is 0 Å². The van der Waals surface area contributed by atoms with Gasteiger partial charge < -0.3 is 4.74 Å². The van der Waals surface area contributed by atoms with Gasteiger partial charge in [0.15, 0.2) is 6.61 Å². The van der Waals surface area contributed by atoms with E-state index in [1.165, 1.54) is 6.08 Å². The van der Waals surface area contributed by atoms with E-state index in [-0.39, 0.29) is 6.61 Å². The lowest BCUT2D eigenvalue weighted by molar-refractivity contribution is -0.128. The molecule has 0 saturated heterocycles. The minimum atomic E-state index is -0.501. The summed E-state index contributed by atoms with van der Waals surface area (Å²) >= 11 is 9.25. The fraction of sp³-hybridized carbons (Fsp3) is 0.0588. The average molecular weight is 410 g/mol. The minimum absolute atomic E-state index is 0.265. The van der Waals surface area contributed by atoms with Crippen molar-refractivity contribution in [3.05, 3.63) is 69.7 Å². The molecule has 2 aromatic rings. The quantitative estimate of drug-likeness (QED) is 0.588. The number of carbonyl (C=O) groups is 2. The fourth-order valence-electron chi connectivity index (χ4n) is 1.70. The summed E-state index contributed by atoms with van der Waals surface area (Å²) in [5, 5.41) is 0.409. The summed E-state index contributed by atoms with van der Waals surface area (Å²) in [7, 11) is 0. The Kier molecular flexibility index (Phi) is 6.84. The standard InChI is InChI=1S/C17H14BrClN2O3/c18-13-5-3-4-12(10-13)8-9-16(22)20-21-17(23)11-24-15-7-2-1-6-14(15)19/h1-10H,11H2,(H,20,22)(H,21,23)/b9-8+. The summed E-state index contributed by atoms with van der Waals surface area (Å²) < 4.78 is 6.17. The van der Waals surface area contributed by atoms with Crippen molar-refractivity contribution in [2.75, 3.05) is 6.61 Å². The van der Waals surface area contributed by atoms with Gasteiger partial charge >= 0.3 is 0 Å².